The molecular formula is C29H31N5O. The Hall–Kier alpha value is -4.06. The number of hydrogen-bond acceptors (Lipinski definition) is 6. The Kier molecular flexibility index (Phi) is 8.93. The second kappa shape index (κ2) is 13.0. The molecule has 0 spiro atoms. The molecule has 0 aliphatic carbocycles. The van der Waals surface area contributed by atoms with Crippen molar-refractivity contribution in [2.24, 2.45) is 5.10 Å². The molecule has 0 bridgehead atoms. The van der Waals surface area contributed by atoms with Gasteiger partial charge in [0.05, 0.1) is 12.8 Å². The first-order chi connectivity index (χ1) is 17.3. The van der Waals surface area contributed by atoms with Crippen LogP contribution in [0, 0.1) is 0 Å². The van der Waals surface area contributed by atoms with Gasteiger partial charge in [0.2, 0.25) is 0 Å². The summed E-state index contributed by atoms with van der Waals surface area (Å²) in [6.07, 6.45) is 7.88. The van der Waals surface area contributed by atoms with E-state index in [0.29, 0.717) is 5.95 Å². The molecule has 6 heteroatoms. The van der Waals surface area contributed by atoms with E-state index in [1.165, 1.54) is 25.7 Å². The maximum atomic E-state index is 5.83. The monoisotopic (exact) mass is 465 g/mol. The topological polar surface area (TPSA) is 72.3 Å². The van der Waals surface area contributed by atoms with E-state index >= 15 is 0 Å². The average Bonchev–Trinajstić information content (AvgIpc) is 2.92. The van der Waals surface area contributed by atoms with E-state index in [9.17, 15) is 0 Å². The van der Waals surface area contributed by atoms with Crippen molar-refractivity contribution in [3.63, 3.8) is 0 Å². The predicted molar refractivity (Wildman–Crippen MR) is 143 cm³/mol. The maximum Gasteiger partial charge on any atom is 0.263 e. The molecule has 35 heavy (non-hydrogen) atoms. The van der Waals surface area contributed by atoms with Gasteiger partial charge in [0.1, 0.15) is 17.1 Å². The molecule has 3 aromatic carbocycles. The fraction of sp³-hybridized carbons (Fsp3) is 0.241. The van der Waals surface area contributed by atoms with E-state index in [-0.39, 0.29) is 0 Å². The Balaban J connectivity index is 1.39. The molecule has 0 aliphatic heterocycles. The van der Waals surface area contributed by atoms with Crippen molar-refractivity contribution in [1.29, 1.82) is 0 Å². The molecular weight excluding hydrogens is 434 g/mol. The number of anilines is 1. The zero-order valence-corrected chi connectivity index (χ0v) is 20.1. The van der Waals surface area contributed by atoms with Crippen molar-refractivity contribution in [1.82, 2.24) is 15.2 Å². The molecule has 178 valence electrons. The van der Waals surface area contributed by atoms with Crippen molar-refractivity contribution in [2.75, 3.05) is 12.0 Å². The van der Waals surface area contributed by atoms with Gasteiger partial charge >= 0.3 is 0 Å². The summed E-state index contributed by atoms with van der Waals surface area (Å²) in [5.41, 5.74) is 7.27. The second-order valence-electron chi connectivity index (χ2n) is 8.27. The Labute approximate surface area is 207 Å². The summed E-state index contributed by atoms with van der Waals surface area (Å²) in [6.45, 7) is 2.98. The van der Waals surface area contributed by atoms with E-state index in [4.69, 9.17) is 9.72 Å². The van der Waals surface area contributed by atoms with Crippen LogP contribution in [-0.2, 0) is 0 Å². The summed E-state index contributed by atoms with van der Waals surface area (Å²) in [5.74, 6) is 1.21. The van der Waals surface area contributed by atoms with Gasteiger partial charge in [0.15, 0.2) is 0 Å². The van der Waals surface area contributed by atoms with Crippen LogP contribution in [0.5, 0.6) is 5.75 Å². The first-order valence-corrected chi connectivity index (χ1v) is 12.2. The average molecular weight is 466 g/mol. The maximum absolute atomic E-state index is 5.83. The Morgan fingerprint density at radius 1 is 0.743 bits per heavy atom. The van der Waals surface area contributed by atoms with Gasteiger partial charge in [0, 0.05) is 11.1 Å². The molecule has 0 saturated carbocycles. The van der Waals surface area contributed by atoms with Crippen LogP contribution in [-0.4, -0.2) is 28.0 Å². The molecule has 0 saturated heterocycles. The molecule has 0 aliphatic rings. The smallest absolute Gasteiger partial charge is 0.263 e. The van der Waals surface area contributed by atoms with E-state index in [0.717, 1.165) is 46.9 Å². The quantitative estimate of drug-likeness (QED) is 0.138. The van der Waals surface area contributed by atoms with Crippen LogP contribution in [0.25, 0.3) is 22.5 Å². The standard InChI is InChI=1S/C29H31N5O/c1-2-3-4-5-12-21-35-26-19-17-23(18-20-26)22-30-33-29-31-27(24-13-8-6-9-14-24)28(32-34-29)25-15-10-7-11-16-25/h6-11,13-20,22H,2-5,12,21H2,1H3,(H,31,33,34)/b30-22+. The summed E-state index contributed by atoms with van der Waals surface area (Å²) in [7, 11) is 0. The molecule has 0 fully saturated rings. The summed E-state index contributed by atoms with van der Waals surface area (Å²) in [5, 5.41) is 13.0. The molecule has 0 radical (unpaired) electrons. The summed E-state index contributed by atoms with van der Waals surface area (Å²) >= 11 is 0. The highest BCUT2D eigenvalue weighted by Crippen LogP contribution is 2.28. The van der Waals surface area contributed by atoms with Gasteiger partial charge < -0.3 is 4.74 Å². The molecule has 4 rings (SSSR count). The summed E-state index contributed by atoms with van der Waals surface area (Å²) < 4.78 is 5.83. The Morgan fingerprint density at radius 2 is 1.40 bits per heavy atom. The summed E-state index contributed by atoms with van der Waals surface area (Å²) in [4.78, 5) is 4.71. The Morgan fingerprint density at radius 3 is 2.09 bits per heavy atom. The van der Waals surface area contributed by atoms with Gasteiger partial charge in [-0.15, -0.1) is 10.2 Å². The van der Waals surface area contributed by atoms with E-state index < -0.39 is 0 Å². The molecule has 6 nitrogen and oxygen atoms in total. The van der Waals surface area contributed by atoms with Crippen LogP contribution in [0.15, 0.2) is 90.0 Å². The van der Waals surface area contributed by atoms with Crippen LogP contribution in [0.1, 0.15) is 44.6 Å². The lowest BCUT2D eigenvalue weighted by Gasteiger charge is -2.09. The van der Waals surface area contributed by atoms with Gasteiger partial charge in [0.25, 0.3) is 5.95 Å². The number of hydrazone groups is 1. The molecule has 1 N–H and O–H groups in total. The molecule has 4 aromatic rings. The van der Waals surface area contributed by atoms with Crippen molar-refractivity contribution in [2.45, 2.75) is 39.0 Å². The highest BCUT2D eigenvalue weighted by Gasteiger charge is 2.13. The molecule has 0 unspecified atom stereocenters. The third-order valence-corrected chi connectivity index (χ3v) is 5.56. The SMILES string of the molecule is CCCCCCCOc1ccc(/C=N/Nc2nnc(-c3ccccc3)c(-c3ccccc3)n2)cc1. The van der Waals surface area contributed by atoms with Gasteiger partial charge in [-0.05, 0) is 36.2 Å². The van der Waals surface area contributed by atoms with Gasteiger partial charge in [-0.25, -0.2) is 10.4 Å². The normalized spacial score (nSPS) is 11.0. The number of unbranched alkanes of at least 4 members (excludes halogenated alkanes) is 4. The molecule has 1 heterocycles. The van der Waals surface area contributed by atoms with Gasteiger partial charge in [-0.3, -0.25) is 0 Å². The molecule has 0 amide bonds. The number of nitrogens with one attached hydrogen (secondary N) is 1. The van der Waals surface area contributed by atoms with Crippen molar-refractivity contribution in [3.8, 4) is 28.3 Å². The summed E-state index contributed by atoms with van der Waals surface area (Å²) in [6, 6.07) is 27.8. The lowest BCUT2D eigenvalue weighted by molar-refractivity contribution is 0.304. The lowest BCUT2D eigenvalue weighted by atomic mass is 10.0. The fourth-order valence-corrected chi connectivity index (χ4v) is 3.67. The van der Waals surface area contributed by atoms with Crippen LogP contribution in [0.3, 0.4) is 0 Å². The van der Waals surface area contributed by atoms with E-state index in [1.54, 1.807) is 6.21 Å². The van der Waals surface area contributed by atoms with E-state index in [1.807, 2.05) is 84.9 Å². The third-order valence-electron chi connectivity index (χ3n) is 5.56. The first kappa shape index (κ1) is 24.1. The lowest BCUT2D eigenvalue weighted by Crippen LogP contribution is -2.03. The Bertz CT molecular complexity index is 1190. The number of nitrogens with zero attached hydrogens (tertiary/aromatic N) is 4. The fourth-order valence-electron chi connectivity index (χ4n) is 3.67. The van der Waals surface area contributed by atoms with Crippen LogP contribution < -0.4 is 10.2 Å². The van der Waals surface area contributed by atoms with Crippen LogP contribution in [0.4, 0.5) is 5.95 Å². The van der Waals surface area contributed by atoms with Crippen LogP contribution in [0.2, 0.25) is 0 Å². The molecule has 1 aromatic heterocycles. The number of hydrogen-bond donors (Lipinski definition) is 1. The predicted octanol–water partition coefficient (Wildman–Crippen LogP) is 7.00. The van der Waals surface area contributed by atoms with Crippen LogP contribution >= 0.6 is 0 Å². The largest absolute Gasteiger partial charge is 0.494 e. The minimum Gasteiger partial charge on any atom is -0.494 e. The van der Waals surface area contributed by atoms with Crippen molar-refractivity contribution < 1.29 is 4.74 Å². The van der Waals surface area contributed by atoms with Gasteiger partial charge in [-0.2, -0.15) is 5.10 Å². The zero-order chi connectivity index (χ0) is 24.1. The number of rotatable bonds is 12. The second-order valence-corrected chi connectivity index (χ2v) is 8.27. The number of benzene rings is 3. The van der Waals surface area contributed by atoms with Crippen molar-refractivity contribution >= 4 is 12.2 Å². The van der Waals surface area contributed by atoms with E-state index in [2.05, 4.69) is 27.6 Å². The minimum atomic E-state index is 0.336. The zero-order valence-electron chi connectivity index (χ0n) is 20.1. The van der Waals surface area contributed by atoms with Crippen molar-refractivity contribution in [3.05, 3.63) is 90.5 Å². The number of ether oxygens (including phenoxy) is 1. The minimum absolute atomic E-state index is 0.336. The third kappa shape index (κ3) is 7.21. The highest BCUT2D eigenvalue weighted by molar-refractivity contribution is 5.80. The molecule has 0 atom stereocenters. The first-order valence-electron chi connectivity index (χ1n) is 12.2. The number of aromatic nitrogens is 3. The highest BCUT2D eigenvalue weighted by atomic mass is 16.5. The van der Waals surface area contributed by atoms with Gasteiger partial charge in [-0.1, -0.05) is 93.3 Å².